The molecule has 2 N–H and O–H groups in total. The van der Waals surface area contributed by atoms with Crippen LogP contribution in [0.25, 0.3) is 0 Å². The van der Waals surface area contributed by atoms with Gasteiger partial charge in [0.05, 0.1) is 13.2 Å². The van der Waals surface area contributed by atoms with Gasteiger partial charge in [-0.25, -0.2) is 4.98 Å². The Kier molecular flexibility index (Phi) is 3.05. The molecule has 0 bridgehead atoms. The van der Waals surface area contributed by atoms with Crippen LogP contribution in [0.1, 0.15) is 0 Å². The van der Waals surface area contributed by atoms with Gasteiger partial charge in [0.15, 0.2) is 6.10 Å². The van der Waals surface area contributed by atoms with E-state index in [1.54, 1.807) is 0 Å². The molecule has 0 saturated carbocycles. The zero-order valence-corrected chi connectivity index (χ0v) is 8.81. The smallest absolute Gasteiger partial charge is 0.384 e. The number of morpholine rings is 1. The molecule has 8 heteroatoms. The first-order chi connectivity index (χ1) is 7.97. The maximum absolute atomic E-state index is 12.5. The fourth-order valence-electron chi connectivity index (χ4n) is 1.54. The summed E-state index contributed by atoms with van der Waals surface area (Å²) in [6.07, 6.45) is -4.77. The van der Waals surface area contributed by atoms with Gasteiger partial charge in [-0.05, 0) is 6.07 Å². The topological polar surface area (TPSA) is 64.3 Å². The van der Waals surface area contributed by atoms with Gasteiger partial charge < -0.3 is 15.4 Å². The number of ether oxygens (including phenoxy) is 1. The fourth-order valence-corrected chi connectivity index (χ4v) is 1.54. The normalized spacial score (nSPS) is 21.6. The zero-order valence-electron chi connectivity index (χ0n) is 8.81. The number of nitrogens with two attached hydrogens (primary N) is 1. The lowest BCUT2D eigenvalue weighted by Gasteiger charge is -2.33. The Labute approximate surface area is 95.4 Å². The third-order valence-corrected chi connectivity index (χ3v) is 2.38. The molecule has 2 rings (SSSR count). The zero-order chi connectivity index (χ0) is 12.5. The van der Waals surface area contributed by atoms with E-state index in [0.717, 1.165) is 0 Å². The van der Waals surface area contributed by atoms with Crippen molar-refractivity contribution in [2.75, 3.05) is 30.3 Å². The highest BCUT2D eigenvalue weighted by Gasteiger charge is 2.43. The van der Waals surface area contributed by atoms with Gasteiger partial charge in [-0.15, -0.1) is 0 Å². The summed E-state index contributed by atoms with van der Waals surface area (Å²) in [7, 11) is 0. The number of halogens is 3. The maximum Gasteiger partial charge on any atom is 0.416 e. The largest absolute Gasteiger partial charge is 0.416 e. The van der Waals surface area contributed by atoms with E-state index in [9.17, 15) is 13.2 Å². The molecule has 1 saturated heterocycles. The molecule has 1 aliphatic heterocycles. The lowest BCUT2D eigenvalue weighted by atomic mass is 10.3. The van der Waals surface area contributed by atoms with Crippen LogP contribution in [0.15, 0.2) is 12.3 Å². The summed E-state index contributed by atoms with van der Waals surface area (Å²) in [6, 6.07) is 1.48. The van der Waals surface area contributed by atoms with E-state index in [0.29, 0.717) is 6.54 Å². The summed E-state index contributed by atoms with van der Waals surface area (Å²) < 4.78 is 42.1. The molecule has 17 heavy (non-hydrogen) atoms. The molecule has 1 atom stereocenters. The van der Waals surface area contributed by atoms with Crippen LogP contribution in [0.4, 0.5) is 24.9 Å². The molecule has 0 aliphatic carbocycles. The SMILES string of the molecule is Nc1ccnc(N2CCO[C@@H](C(F)(F)F)C2)n1. The predicted octanol–water partition coefficient (Wildman–Crippen LogP) is 0.826. The highest BCUT2D eigenvalue weighted by molar-refractivity contribution is 5.38. The van der Waals surface area contributed by atoms with Gasteiger partial charge in [-0.3, -0.25) is 0 Å². The molecular formula is C9H11F3N4O. The molecule has 1 aromatic heterocycles. The summed E-state index contributed by atoms with van der Waals surface area (Å²) >= 11 is 0. The molecule has 94 valence electrons. The van der Waals surface area contributed by atoms with Crippen LogP contribution in [-0.4, -0.2) is 41.9 Å². The van der Waals surface area contributed by atoms with E-state index in [4.69, 9.17) is 5.73 Å². The van der Waals surface area contributed by atoms with Crippen LogP contribution in [0, 0.1) is 0 Å². The monoisotopic (exact) mass is 248 g/mol. The van der Waals surface area contributed by atoms with Crippen molar-refractivity contribution in [3.63, 3.8) is 0 Å². The molecule has 0 amide bonds. The van der Waals surface area contributed by atoms with E-state index in [2.05, 4.69) is 14.7 Å². The average Bonchev–Trinajstić information content (AvgIpc) is 2.28. The number of nitrogens with zero attached hydrogens (tertiary/aromatic N) is 3. The Balaban J connectivity index is 2.12. The number of anilines is 2. The highest BCUT2D eigenvalue weighted by Crippen LogP contribution is 2.26. The van der Waals surface area contributed by atoms with Crippen molar-refractivity contribution in [2.45, 2.75) is 12.3 Å². The lowest BCUT2D eigenvalue weighted by molar-refractivity contribution is -0.221. The Morgan fingerprint density at radius 3 is 2.88 bits per heavy atom. The summed E-state index contributed by atoms with van der Waals surface area (Å²) in [5, 5.41) is 0. The lowest BCUT2D eigenvalue weighted by Crippen LogP contribution is -2.49. The minimum atomic E-state index is -4.38. The molecule has 0 spiro atoms. The first kappa shape index (κ1) is 11.9. The van der Waals surface area contributed by atoms with Crippen LogP contribution < -0.4 is 10.6 Å². The number of nitrogen functional groups attached to an aromatic ring is 1. The van der Waals surface area contributed by atoms with Gasteiger partial charge in [-0.2, -0.15) is 18.2 Å². The number of rotatable bonds is 1. The van der Waals surface area contributed by atoms with E-state index >= 15 is 0 Å². The Bertz CT molecular complexity index is 398. The second-order valence-corrected chi connectivity index (χ2v) is 3.63. The third kappa shape index (κ3) is 2.76. The second kappa shape index (κ2) is 4.36. The van der Waals surface area contributed by atoms with Gasteiger partial charge >= 0.3 is 6.18 Å². The van der Waals surface area contributed by atoms with Crippen molar-refractivity contribution in [3.05, 3.63) is 12.3 Å². The van der Waals surface area contributed by atoms with Crippen LogP contribution in [0.2, 0.25) is 0 Å². The summed E-state index contributed by atoms with van der Waals surface area (Å²) in [4.78, 5) is 9.19. The Morgan fingerprint density at radius 2 is 2.24 bits per heavy atom. The van der Waals surface area contributed by atoms with E-state index in [1.165, 1.54) is 17.2 Å². The maximum atomic E-state index is 12.5. The number of aromatic nitrogens is 2. The fraction of sp³-hybridized carbons (Fsp3) is 0.556. The summed E-state index contributed by atoms with van der Waals surface area (Å²) in [5.41, 5.74) is 5.45. The Morgan fingerprint density at radius 1 is 1.47 bits per heavy atom. The third-order valence-electron chi connectivity index (χ3n) is 2.38. The minimum absolute atomic E-state index is 0.0116. The summed E-state index contributed by atoms with van der Waals surface area (Å²) in [6.45, 7) is -0.00861. The van der Waals surface area contributed by atoms with Crippen molar-refractivity contribution in [1.82, 2.24) is 9.97 Å². The first-order valence-corrected chi connectivity index (χ1v) is 4.98. The highest BCUT2D eigenvalue weighted by atomic mass is 19.4. The van der Waals surface area contributed by atoms with Crippen LogP contribution in [-0.2, 0) is 4.74 Å². The molecule has 2 heterocycles. The molecule has 1 aliphatic rings. The van der Waals surface area contributed by atoms with Crippen LogP contribution in [0.3, 0.4) is 0 Å². The molecule has 5 nitrogen and oxygen atoms in total. The van der Waals surface area contributed by atoms with Gasteiger partial charge in [0.1, 0.15) is 5.82 Å². The molecule has 0 radical (unpaired) electrons. The van der Waals surface area contributed by atoms with Gasteiger partial charge in [0.25, 0.3) is 0 Å². The average molecular weight is 248 g/mol. The van der Waals surface area contributed by atoms with Gasteiger partial charge in [-0.1, -0.05) is 0 Å². The molecular weight excluding hydrogens is 237 g/mol. The van der Waals surface area contributed by atoms with Gasteiger partial charge in [0, 0.05) is 12.7 Å². The van der Waals surface area contributed by atoms with Crippen molar-refractivity contribution >= 4 is 11.8 Å². The summed E-state index contributed by atoms with van der Waals surface area (Å²) in [5.74, 6) is 0.424. The second-order valence-electron chi connectivity index (χ2n) is 3.63. The van der Waals surface area contributed by atoms with Gasteiger partial charge in [0.2, 0.25) is 5.95 Å². The number of hydrogen-bond donors (Lipinski definition) is 1. The van der Waals surface area contributed by atoms with Crippen molar-refractivity contribution < 1.29 is 17.9 Å². The standard InChI is InChI=1S/C9H11F3N4O/c10-9(11,12)6-5-16(3-4-17-6)8-14-2-1-7(13)15-8/h1-2,6H,3-5H2,(H2,13,14,15)/t6-/m1/s1. The molecule has 0 aromatic carbocycles. The van der Waals surface area contributed by atoms with E-state index < -0.39 is 12.3 Å². The predicted molar refractivity (Wildman–Crippen MR) is 54.5 cm³/mol. The minimum Gasteiger partial charge on any atom is -0.384 e. The molecule has 1 aromatic rings. The number of hydrogen-bond acceptors (Lipinski definition) is 5. The molecule has 0 unspecified atom stereocenters. The quantitative estimate of drug-likeness (QED) is 0.797. The van der Waals surface area contributed by atoms with E-state index in [1.807, 2.05) is 0 Å². The van der Waals surface area contributed by atoms with Crippen molar-refractivity contribution in [1.29, 1.82) is 0 Å². The van der Waals surface area contributed by atoms with Crippen molar-refractivity contribution in [3.8, 4) is 0 Å². The van der Waals surface area contributed by atoms with E-state index in [-0.39, 0.29) is 24.9 Å². The Hall–Kier alpha value is -1.57. The van der Waals surface area contributed by atoms with Crippen molar-refractivity contribution in [2.24, 2.45) is 0 Å². The van der Waals surface area contributed by atoms with Crippen LogP contribution in [0.5, 0.6) is 0 Å². The van der Waals surface area contributed by atoms with Crippen LogP contribution >= 0.6 is 0 Å². The molecule has 1 fully saturated rings. The number of alkyl halides is 3. The first-order valence-electron chi connectivity index (χ1n) is 4.98.